The van der Waals surface area contributed by atoms with E-state index >= 15 is 9.18 Å². The molecule has 7 rings (SSSR count). The van der Waals surface area contributed by atoms with E-state index in [9.17, 15) is 29.4 Å². The van der Waals surface area contributed by atoms with Gasteiger partial charge in [0, 0.05) is 17.5 Å². The molecule has 258 valence electrons. The van der Waals surface area contributed by atoms with E-state index in [-0.39, 0.29) is 35.7 Å². The topological polar surface area (TPSA) is 154 Å². The molecule has 0 aromatic heterocycles. The minimum Gasteiger partial charge on any atom is -0.505 e. The smallest absolute Gasteiger partial charge is 0.305 e. The Hall–Kier alpha value is -4.94. The van der Waals surface area contributed by atoms with E-state index in [1.54, 1.807) is 30.3 Å². The highest BCUT2D eigenvalue weighted by Crippen LogP contribution is 2.64. The van der Waals surface area contributed by atoms with Crippen LogP contribution in [-0.2, 0) is 29.4 Å². The summed E-state index contributed by atoms with van der Waals surface area (Å²) in [6, 6.07) is 14.9. The van der Waals surface area contributed by atoms with Gasteiger partial charge in [0.1, 0.15) is 5.75 Å². The predicted molar refractivity (Wildman–Crippen MR) is 178 cm³/mol. The molecule has 2 saturated heterocycles. The summed E-state index contributed by atoms with van der Waals surface area (Å²) in [5.74, 6) is -9.27. The molecule has 3 aromatic rings. The maximum Gasteiger partial charge on any atom is 0.305 e. The summed E-state index contributed by atoms with van der Waals surface area (Å²) in [6.07, 6.45) is 1.44. The zero-order valence-electron chi connectivity index (χ0n) is 26.4. The van der Waals surface area contributed by atoms with Crippen LogP contribution < -0.4 is 10.2 Å². The molecule has 50 heavy (non-hydrogen) atoms. The monoisotopic (exact) mass is 721 g/mol. The van der Waals surface area contributed by atoms with Crippen molar-refractivity contribution in [3.63, 3.8) is 0 Å². The van der Waals surface area contributed by atoms with Crippen LogP contribution in [0.4, 0.5) is 10.1 Å². The van der Waals surface area contributed by atoms with Crippen molar-refractivity contribution in [2.75, 3.05) is 19.1 Å². The summed E-state index contributed by atoms with van der Waals surface area (Å²) in [5.41, 5.74) is 2.65. The van der Waals surface area contributed by atoms with Crippen LogP contribution in [0.25, 0.3) is 0 Å². The van der Waals surface area contributed by atoms with Crippen LogP contribution in [-0.4, -0.2) is 63.4 Å². The molecule has 3 fully saturated rings. The Balaban J connectivity index is 1.44. The van der Waals surface area contributed by atoms with Crippen LogP contribution in [0.1, 0.15) is 36.3 Å². The van der Waals surface area contributed by atoms with Gasteiger partial charge in [-0.1, -0.05) is 53.1 Å². The number of aromatic hydroxyl groups is 1. The first-order valence-electron chi connectivity index (χ1n) is 15.9. The predicted octanol–water partition coefficient (Wildman–Crippen LogP) is 5.31. The second-order valence-electron chi connectivity index (χ2n) is 12.9. The molecule has 2 aliphatic heterocycles. The molecule has 11 nitrogen and oxygen atoms in total. The summed E-state index contributed by atoms with van der Waals surface area (Å²) in [5, 5.41) is 20.8. The number of likely N-dealkylation sites (tertiary alicyclic amines) is 1. The van der Waals surface area contributed by atoms with Crippen LogP contribution in [0, 0.1) is 29.5 Å². The number of hydrazine groups is 1. The number of aliphatic carboxylic acids is 1. The van der Waals surface area contributed by atoms with Crippen LogP contribution in [0.2, 0.25) is 10.0 Å². The van der Waals surface area contributed by atoms with Gasteiger partial charge in [0.15, 0.2) is 11.6 Å². The quantitative estimate of drug-likeness (QED) is 0.208. The lowest BCUT2D eigenvalue weighted by Crippen LogP contribution is -2.53. The number of methoxy groups -OCH3 is 1. The number of benzene rings is 3. The van der Waals surface area contributed by atoms with Crippen LogP contribution in [0.3, 0.4) is 0 Å². The molecular weight excluding hydrogens is 692 g/mol. The molecule has 0 bridgehead atoms. The summed E-state index contributed by atoms with van der Waals surface area (Å²) in [7, 11) is 1.48. The second-order valence-corrected chi connectivity index (χ2v) is 13.7. The molecule has 0 radical (unpaired) electrons. The van der Waals surface area contributed by atoms with E-state index < -0.39 is 82.6 Å². The normalized spacial score (nSPS) is 27.1. The van der Waals surface area contributed by atoms with Crippen molar-refractivity contribution in [3.05, 3.63) is 99.3 Å². The van der Waals surface area contributed by atoms with E-state index in [2.05, 4.69) is 5.43 Å². The van der Waals surface area contributed by atoms with Gasteiger partial charge in [-0.05, 0) is 72.4 Å². The standard InChI is InChI=1S/C36H30Cl2FN3O8/c1-50-20-6-3-18(4-7-20)36-24(33(47)42(35(36)49)40-27-10-5-19(37)15-25(27)38)16-23-21(31(36)17-2-11-28(43)26(39)14-17)8-9-22-30(23)34(48)41(32(22)46)13-12-29(44)45/h2-8,10-11,14-15,22-24,30-31,40,43H,9,12-13,16H2,1H3,(H,44,45). The number of nitrogens with one attached hydrogen (secondary N) is 1. The molecule has 2 aliphatic carbocycles. The number of halogens is 3. The third-order valence-corrected chi connectivity index (χ3v) is 11.1. The summed E-state index contributed by atoms with van der Waals surface area (Å²) < 4.78 is 20.6. The van der Waals surface area contributed by atoms with Crippen LogP contribution >= 0.6 is 23.2 Å². The number of carboxylic acid groups (broad SMARTS) is 1. The number of nitrogens with zero attached hydrogens (tertiary/aromatic N) is 2. The van der Waals surface area contributed by atoms with Gasteiger partial charge in [-0.3, -0.25) is 34.3 Å². The Kier molecular flexibility index (Phi) is 8.34. The maximum absolute atomic E-state index is 15.2. The Labute approximate surface area is 295 Å². The molecule has 14 heteroatoms. The third-order valence-electron chi connectivity index (χ3n) is 10.5. The van der Waals surface area contributed by atoms with E-state index in [0.717, 1.165) is 16.0 Å². The molecule has 4 aliphatic rings. The third kappa shape index (κ3) is 5.03. The van der Waals surface area contributed by atoms with Gasteiger partial charge < -0.3 is 14.9 Å². The summed E-state index contributed by atoms with van der Waals surface area (Å²) >= 11 is 12.6. The highest BCUT2D eigenvalue weighted by atomic mass is 35.5. The van der Waals surface area contributed by atoms with Gasteiger partial charge in [-0.2, -0.15) is 5.01 Å². The second kappa shape index (κ2) is 12.4. The largest absolute Gasteiger partial charge is 0.505 e. The Morgan fingerprint density at radius 2 is 1.74 bits per heavy atom. The SMILES string of the molecule is COc1ccc(C23C(=O)N(Nc4ccc(Cl)cc4Cl)C(=O)C2CC2C(=CCC4C(=O)N(CCC(=O)O)C(=O)C42)C3c2ccc(O)c(F)c2)cc1. The first kappa shape index (κ1) is 33.6. The number of phenolic OH excluding ortho intramolecular Hbond substituents is 1. The number of fused-ring (bicyclic) bond motifs is 4. The van der Waals surface area contributed by atoms with Gasteiger partial charge in [-0.25, -0.2) is 4.39 Å². The number of ether oxygens (including phenoxy) is 1. The van der Waals surface area contributed by atoms with Crippen molar-refractivity contribution in [2.45, 2.75) is 30.6 Å². The first-order chi connectivity index (χ1) is 23.9. The van der Waals surface area contributed by atoms with E-state index in [4.69, 9.17) is 27.9 Å². The Morgan fingerprint density at radius 1 is 1.00 bits per heavy atom. The Morgan fingerprint density at radius 3 is 2.40 bits per heavy atom. The number of carbonyl (C=O) groups is 5. The van der Waals surface area contributed by atoms with E-state index in [0.29, 0.717) is 21.9 Å². The number of carbonyl (C=O) groups excluding carboxylic acids is 4. The molecule has 6 unspecified atom stereocenters. The molecular formula is C36H30Cl2FN3O8. The number of phenols is 1. The fourth-order valence-electron chi connectivity index (χ4n) is 8.41. The molecule has 4 amide bonds. The fourth-order valence-corrected chi connectivity index (χ4v) is 8.86. The van der Waals surface area contributed by atoms with Crippen LogP contribution in [0.15, 0.2) is 72.3 Å². The average Bonchev–Trinajstić information content (AvgIpc) is 3.46. The molecule has 0 spiro atoms. The van der Waals surface area contributed by atoms with E-state index in [1.165, 1.54) is 37.4 Å². The molecule has 2 heterocycles. The van der Waals surface area contributed by atoms with Crippen molar-refractivity contribution in [1.82, 2.24) is 9.91 Å². The summed E-state index contributed by atoms with van der Waals surface area (Å²) in [6.45, 7) is -0.301. The lowest BCUT2D eigenvalue weighted by Gasteiger charge is -2.50. The molecule has 6 atom stereocenters. The number of anilines is 1. The lowest BCUT2D eigenvalue weighted by atomic mass is 9.49. The minimum absolute atomic E-state index is 0.0288. The van der Waals surface area contributed by atoms with Gasteiger partial charge in [0.05, 0.1) is 47.4 Å². The van der Waals surface area contributed by atoms with Crippen molar-refractivity contribution in [2.24, 2.45) is 23.7 Å². The zero-order valence-corrected chi connectivity index (χ0v) is 28.0. The van der Waals surface area contributed by atoms with Crippen molar-refractivity contribution >= 4 is 58.5 Å². The average molecular weight is 723 g/mol. The first-order valence-corrected chi connectivity index (χ1v) is 16.6. The number of rotatable bonds is 8. The van der Waals surface area contributed by atoms with Gasteiger partial charge >= 0.3 is 5.97 Å². The van der Waals surface area contributed by atoms with Gasteiger partial charge in [0.25, 0.3) is 11.8 Å². The summed E-state index contributed by atoms with van der Waals surface area (Å²) in [4.78, 5) is 69.6. The number of amides is 4. The lowest BCUT2D eigenvalue weighted by molar-refractivity contribution is -0.143. The molecule has 3 aromatic carbocycles. The number of allylic oxidation sites excluding steroid dienone is 2. The van der Waals surface area contributed by atoms with Gasteiger partial charge in [0.2, 0.25) is 11.8 Å². The van der Waals surface area contributed by atoms with Gasteiger partial charge in [-0.15, -0.1) is 0 Å². The number of imide groups is 2. The minimum atomic E-state index is -1.71. The fraction of sp³-hybridized carbons (Fsp3) is 0.306. The Bertz CT molecular complexity index is 2010. The van der Waals surface area contributed by atoms with Crippen molar-refractivity contribution in [3.8, 4) is 11.5 Å². The highest BCUT2D eigenvalue weighted by Gasteiger charge is 2.70. The molecule has 3 N–H and O–H groups in total. The molecule has 1 saturated carbocycles. The van der Waals surface area contributed by atoms with Crippen molar-refractivity contribution < 1.29 is 43.3 Å². The zero-order chi connectivity index (χ0) is 35.6. The number of hydrogen-bond acceptors (Lipinski definition) is 8. The number of carboxylic acids is 1. The highest BCUT2D eigenvalue weighted by molar-refractivity contribution is 6.36. The number of hydrogen-bond donors (Lipinski definition) is 3. The van der Waals surface area contributed by atoms with Crippen LogP contribution in [0.5, 0.6) is 11.5 Å². The van der Waals surface area contributed by atoms with Crippen molar-refractivity contribution in [1.29, 1.82) is 0 Å². The maximum atomic E-state index is 15.2. The van der Waals surface area contributed by atoms with E-state index in [1.807, 2.05) is 0 Å².